The lowest BCUT2D eigenvalue weighted by molar-refractivity contribution is 0.934. The fourth-order valence-corrected chi connectivity index (χ4v) is 2.02. The van der Waals surface area contributed by atoms with Crippen LogP contribution in [0.2, 0.25) is 5.02 Å². The van der Waals surface area contributed by atoms with Crippen molar-refractivity contribution in [1.29, 1.82) is 0 Å². The average molecular weight is 259 g/mol. The van der Waals surface area contributed by atoms with Gasteiger partial charge in [0.15, 0.2) is 5.65 Å². The van der Waals surface area contributed by atoms with Crippen LogP contribution in [0.4, 0.5) is 0 Å². The highest BCUT2D eigenvalue weighted by molar-refractivity contribution is 6.30. The number of rotatable bonds is 2. The summed E-state index contributed by atoms with van der Waals surface area (Å²) in [5.41, 5.74) is 9.01. The molecule has 0 aliphatic carbocycles. The maximum absolute atomic E-state index is 5.98. The molecule has 0 unspecified atom stereocenters. The van der Waals surface area contributed by atoms with Crippen LogP contribution >= 0.6 is 11.6 Å². The summed E-state index contributed by atoms with van der Waals surface area (Å²) in [6.45, 7) is 0.413. The fraction of sp³-hybridized carbons (Fsp3) is 0.0769. The van der Waals surface area contributed by atoms with Gasteiger partial charge in [-0.05, 0) is 24.3 Å². The SMILES string of the molecule is NCc1cn2nc(-c3cccc(Cl)c3)ccc2n1. The van der Waals surface area contributed by atoms with Crippen LogP contribution in [0.5, 0.6) is 0 Å². The zero-order valence-corrected chi connectivity index (χ0v) is 10.3. The molecule has 0 aliphatic heterocycles. The van der Waals surface area contributed by atoms with E-state index in [-0.39, 0.29) is 0 Å². The normalized spacial score (nSPS) is 11.0. The number of aromatic nitrogens is 3. The van der Waals surface area contributed by atoms with Crippen molar-refractivity contribution < 1.29 is 0 Å². The minimum Gasteiger partial charge on any atom is -0.325 e. The molecular weight excluding hydrogens is 248 g/mol. The highest BCUT2D eigenvalue weighted by atomic mass is 35.5. The van der Waals surface area contributed by atoms with Gasteiger partial charge in [0, 0.05) is 17.1 Å². The molecule has 1 aromatic carbocycles. The first kappa shape index (κ1) is 11.2. The minimum atomic E-state index is 0.413. The predicted molar refractivity (Wildman–Crippen MR) is 71.3 cm³/mol. The average Bonchev–Trinajstić information content (AvgIpc) is 2.80. The Bertz CT molecular complexity index is 705. The number of hydrogen-bond donors (Lipinski definition) is 1. The first-order valence-electron chi connectivity index (χ1n) is 5.57. The largest absolute Gasteiger partial charge is 0.325 e. The van der Waals surface area contributed by atoms with E-state index in [1.54, 1.807) is 4.52 Å². The highest BCUT2D eigenvalue weighted by Crippen LogP contribution is 2.21. The maximum Gasteiger partial charge on any atom is 0.153 e. The summed E-state index contributed by atoms with van der Waals surface area (Å²) >= 11 is 5.98. The molecule has 0 fully saturated rings. The molecule has 3 aromatic rings. The Kier molecular flexibility index (Phi) is 2.74. The second-order valence-corrected chi connectivity index (χ2v) is 4.40. The molecule has 0 atom stereocenters. The number of benzene rings is 1. The van der Waals surface area contributed by atoms with Crippen LogP contribution < -0.4 is 5.73 Å². The van der Waals surface area contributed by atoms with Crippen LogP contribution in [0, 0.1) is 0 Å². The summed E-state index contributed by atoms with van der Waals surface area (Å²) in [6, 6.07) is 11.4. The van der Waals surface area contributed by atoms with Gasteiger partial charge in [0.25, 0.3) is 0 Å². The van der Waals surface area contributed by atoms with E-state index >= 15 is 0 Å². The van der Waals surface area contributed by atoms with Crippen LogP contribution in [0.25, 0.3) is 16.9 Å². The Morgan fingerprint density at radius 2 is 2.11 bits per heavy atom. The third kappa shape index (κ3) is 1.96. The van der Waals surface area contributed by atoms with E-state index in [1.807, 2.05) is 42.6 Å². The number of nitrogens with zero attached hydrogens (tertiary/aromatic N) is 3. The van der Waals surface area contributed by atoms with Gasteiger partial charge in [0.1, 0.15) is 0 Å². The van der Waals surface area contributed by atoms with E-state index in [1.165, 1.54) is 0 Å². The lowest BCUT2D eigenvalue weighted by Crippen LogP contribution is -1.95. The first-order chi connectivity index (χ1) is 8.76. The highest BCUT2D eigenvalue weighted by Gasteiger charge is 2.04. The maximum atomic E-state index is 5.98. The van der Waals surface area contributed by atoms with Crippen LogP contribution in [-0.4, -0.2) is 14.6 Å². The zero-order valence-electron chi connectivity index (χ0n) is 9.55. The van der Waals surface area contributed by atoms with E-state index < -0.39 is 0 Å². The molecule has 2 heterocycles. The van der Waals surface area contributed by atoms with Crippen molar-refractivity contribution in [2.75, 3.05) is 0 Å². The molecule has 2 aromatic heterocycles. The molecule has 2 N–H and O–H groups in total. The number of hydrogen-bond acceptors (Lipinski definition) is 3. The topological polar surface area (TPSA) is 56.2 Å². The molecular formula is C13H11ClN4. The Labute approximate surface area is 109 Å². The minimum absolute atomic E-state index is 0.413. The standard InChI is InChI=1S/C13H11ClN4/c14-10-3-1-2-9(6-10)12-4-5-13-16-11(7-15)8-18(13)17-12/h1-6,8H,7,15H2. The Hall–Kier alpha value is -1.91. The number of nitrogens with two attached hydrogens (primary N) is 1. The van der Waals surface area contributed by atoms with Gasteiger partial charge in [0.2, 0.25) is 0 Å². The smallest absolute Gasteiger partial charge is 0.153 e. The van der Waals surface area contributed by atoms with E-state index in [0.717, 1.165) is 22.6 Å². The van der Waals surface area contributed by atoms with E-state index in [9.17, 15) is 0 Å². The zero-order chi connectivity index (χ0) is 12.5. The molecule has 5 heteroatoms. The van der Waals surface area contributed by atoms with Gasteiger partial charge < -0.3 is 5.73 Å². The summed E-state index contributed by atoms with van der Waals surface area (Å²) in [5.74, 6) is 0. The molecule has 4 nitrogen and oxygen atoms in total. The summed E-state index contributed by atoms with van der Waals surface area (Å²) in [7, 11) is 0. The summed E-state index contributed by atoms with van der Waals surface area (Å²) < 4.78 is 1.73. The van der Waals surface area contributed by atoms with Crippen molar-refractivity contribution in [3.05, 3.63) is 53.3 Å². The lowest BCUT2D eigenvalue weighted by atomic mass is 10.1. The predicted octanol–water partition coefficient (Wildman–Crippen LogP) is 2.51. The number of fused-ring (bicyclic) bond motifs is 1. The van der Waals surface area contributed by atoms with Crippen molar-refractivity contribution in [3.63, 3.8) is 0 Å². The Balaban J connectivity index is 2.12. The molecule has 0 spiro atoms. The van der Waals surface area contributed by atoms with Crippen LogP contribution in [0.3, 0.4) is 0 Å². The summed E-state index contributed by atoms with van der Waals surface area (Å²) in [4.78, 5) is 4.33. The van der Waals surface area contributed by atoms with Crippen molar-refractivity contribution in [2.24, 2.45) is 5.73 Å². The number of imidazole rings is 1. The Morgan fingerprint density at radius 1 is 1.22 bits per heavy atom. The third-order valence-electron chi connectivity index (χ3n) is 2.70. The van der Waals surface area contributed by atoms with E-state index in [2.05, 4.69) is 10.1 Å². The van der Waals surface area contributed by atoms with Crippen molar-refractivity contribution in [3.8, 4) is 11.3 Å². The second kappa shape index (κ2) is 4.40. The molecule has 0 radical (unpaired) electrons. The van der Waals surface area contributed by atoms with Crippen molar-refractivity contribution >= 4 is 17.2 Å². The third-order valence-corrected chi connectivity index (χ3v) is 2.93. The molecule has 90 valence electrons. The monoisotopic (exact) mass is 258 g/mol. The summed E-state index contributed by atoms with van der Waals surface area (Å²) in [5, 5.41) is 5.19. The summed E-state index contributed by atoms with van der Waals surface area (Å²) in [6.07, 6.45) is 1.84. The Morgan fingerprint density at radius 3 is 2.89 bits per heavy atom. The van der Waals surface area contributed by atoms with Gasteiger partial charge in [-0.2, -0.15) is 5.10 Å². The lowest BCUT2D eigenvalue weighted by Gasteiger charge is -2.01. The van der Waals surface area contributed by atoms with Crippen molar-refractivity contribution in [1.82, 2.24) is 14.6 Å². The molecule has 18 heavy (non-hydrogen) atoms. The molecule has 3 rings (SSSR count). The van der Waals surface area contributed by atoms with Crippen LogP contribution in [0.15, 0.2) is 42.6 Å². The van der Waals surface area contributed by atoms with Crippen molar-refractivity contribution in [2.45, 2.75) is 6.54 Å². The first-order valence-corrected chi connectivity index (χ1v) is 5.95. The van der Waals surface area contributed by atoms with Crippen LogP contribution in [-0.2, 0) is 6.54 Å². The fourth-order valence-electron chi connectivity index (χ4n) is 1.83. The molecule has 0 saturated carbocycles. The van der Waals surface area contributed by atoms with Crippen LogP contribution in [0.1, 0.15) is 5.69 Å². The molecule has 0 amide bonds. The molecule has 0 saturated heterocycles. The van der Waals surface area contributed by atoms with Gasteiger partial charge in [-0.15, -0.1) is 0 Å². The van der Waals surface area contributed by atoms with E-state index in [0.29, 0.717) is 11.6 Å². The molecule has 0 bridgehead atoms. The quantitative estimate of drug-likeness (QED) is 0.768. The van der Waals surface area contributed by atoms with Gasteiger partial charge in [-0.3, -0.25) is 0 Å². The van der Waals surface area contributed by atoms with Gasteiger partial charge in [0.05, 0.1) is 17.6 Å². The van der Waals surface area contributed by atoms with Gasteiger partial charge in [-0.25, -0.2) is 9.50 Å². The van der Waals surface area contributed by atoms with Gasteiger partial charge >= 0.3 is 0 Å². The molecule has 0 aliphatic rings. The second-order valence-electron chi connectivity index (χ2n) is 3.97. The number of halogens is 1. The van der Waals surface area contributed by atoms with E-state index in [4.69, 9.17) is 17.3 Å². The van der Waals surface area contributed by atoms with Gasteiger partial charge in [-0.1, -0.05) is 23.7 Å².